The van der Waals surface area contributed by atoms with Gasteiger partial charge >= 0.3 is 0 Å². The lowest BCUT2D eigenvalue weighted by Gasteiger charge is -2.30. The van der Waals surface area contributed by atoms with Crippen molar-refractivity contribution in [3.63, 3.8) is 0 Å². The molecule has 0 radical (unpaired) electrons. The van der Waals surface area contributed by atoms with E-state index in [4.69, 9.17) is 16.3 Å². The van der Waals surface area contributed by atoms with Crippen LogP contribution in [-0.2, 0) is 24.4 Å². The van der Waals surface area contributed by atoms with Gasteiger partial charge in [0.05, 0.1) is 18.7 Å². The second-order valence-corrected chi connectivity index (χ2v) is 9.90. The molecule has 8 nitrogen and oxygen atoms in total. The van der Waals surface area contributed by atoms with Crippen LogP contribution in [0, 0.1) is 6.92 Å². The van der Waals surface area contributed by atoms with E-state index in [2.05, 4.69) is 45.3 Å². The van der Waals surface area contributed by atoms with E-state index in [1.165, 1.54) is 0 Å². The number of ether oxygens (including phenoxy) is 1. The summed E-state index contributed by atoms with van der Waals surface area (Å²) in [5.41, 5.74) is 3.57. The second-order valence-electron chi connectivity index (χ2n) is 9.49. The molecule has 36 heavy (non-hydrogen) atoms. The third-order valence-electron chi connectivity index (χ3n) is 6.87. The maximum atomic E-state index is 13.1. The van der Waals surface area contributed by atoms with Crippen LogP contribution >= 0.6 is 11.6 Å². The zero-order chi connectivity index (χ0) is 25.1. The number of halogens is 1. The van der Waals surface area contributed by atoms with E-state index in [9.17, 15) is 4.79 Å². The van der Waals surface area contributed by atoms with E-state index in [0.29, 0.717) is 30.2 Å². The van der Waals surface area contributed by atoms with Gasteiger partial charge in [-0.2, -0.15) is 0 Å². The largest absolute Gasteiger partial charge is 0.376 e. The van der Waals surface area contributed by atoms with Crippen molar-refractivity contribution in [1.29, 1.82) is 0 Å². The number of fused-ring (bicyclic) bond motifs is 1. The molecule has 0 saturated carbocycles. The van der Waals surface area contributed by atoms with Crippen LogP contribution in [0.1, 0.15) is 54.7 Å². The molecule has 1 aliphatic rings. The monoisotopic (exact) mass is 506 g/mol. The lowest BCUT2D eigenvalue weighted by Crippen LogP contribution is -2.33. The first kappa shape index (κ1) is 24.6. The van der Waals surface area contributed by atoms with E-state index < -0.39 is 0 Å². The normalized spacial score (nSPS) is 16.7. The molecule has 0 bridgehead atoms. The van der Waals surface area contributed by atoms with Crippen molar-refractivity contribution >= 4 is 22.5 Å². The highest BCUT2D eigenvalue weighted by Gasteiger charge is 2.28. The van der Waals surface area contributed by atoms with Crippen molar-refractivity contribution < 1.29 is 4.74 Å². The van der Waals surface area contributed by atoms with Crippen LogP contribution in [0.3, 0.4) is 0 Å². The predicted octanol–water partition coefficient (Wildman–Crippen LogP) is 4.81. The number of benzene rings is 2. The number of nitrogens with one attached hydrogen (secondary N) is 1. The van der Waals surface area contributed by atoms with Crippen LogP contribution in [0.5, 0.6) is 0 Å². The summed E-state index contributed by atoms with van der Waals surface area (Å²) in [6, 6.07) is 15.7. The van der Waals surface area contributed by atoms with Crippen LogP contribution in [-0.4, -0.2) is 42.8 Å². The summed E-state index contributed by atoms with van der Waals surface area (Å²) >= 11 is 6.56. The summed E-state index contributed by atoms with van der Waals surface area (Å²) in [5.74, 6) is 0.771. The molecule has 9 heteroatoms. The summed E-state index contributed by atoms with van der Waals surface area (Å²) in [4.78, 5) is 18.4. The number of hydrogen-bond donors (Lipinski definition) is 1. The van der Waals surface area contributed by atoms with Gasteiger partial charge in [-0.25, -0.2) is 4.68 Å². The van der Waals surface area contributed by atoms with Crippen molar-refractivity contribution in [2.45, 2.75) is 64.9 Å². The van der Waals surface area contributed by atoms with Crippen molar-refractivity contribution in [3.8, 4) is 0 Å². The van der Waals surface area contributed by atoms with Gasteiger partial charge in [-0.1, -0.05) is 48.4 Å². The number of nitrogens with zero attached hydrogens (tertiary/aromatic N) is 5. The maximum Gasteiger partial charge on any atom is 0.252 e. The Balaban J connectivity index is 1.52. The summed E-state index contributed by atoms with van der Waals surface area (Å²) < 4.78 is 7.69. The van der Waals surface area contributed by atoms with Crippen LogP contribution in [0.4, 0.5) is 0 Å². The van der Waals surface area contributed by atoms with Gasteiger partial charge in [0, 0.05) is 35.8 Å². The average molecular weight is 507 g/mol. The van der Waals surface area contributed by atoms with Crippen LogP contribution in [0.15, 0.2) is 53.3 Å². The standard InChI is InChI=1S/C27H31ClN6O2/c1-3-25(26-30-31-32-34(26)17-22-8-6-12-36-22)33(15-19-7-4-5-9-23(19)28)16-21-14-20-13-18(2)10-11-24(20)29-27(21)35/h4-5,7,9-11,13-14,22,25H,3,6,8,12,15-17H2,1-2H3,(H,29,35)/t22-,25-/m0/s1. The molecule has 0 unspecified atom stereocenters. The minimum Gasteiger partial charge on any atom is -0.376 e. The number of tetrazole rings is 1. The molecule has 2 aromatic carbocycles. The van der Waals surface area contributed by atoms with E-state index in [1.54, 1.807) is 0 Å². The van der Waals surface area contributed by atoms with Crippen LogP contribution in [0.25, 0.3) is 10.9 Å². The van der Waals surface area contributed by atoms with Crippen LogP contribution in [0.2, 0.25) is 5.02 Å². The van der Waals surface area contributed by atoms with Gasteiger partial charge in [0.1, 0.15) is 0 Å². The fraction of sp³-hybridized carbons (Fsp3) is 0.407. The van der Waals surface area contributed by atoms with Gasteiger partial charge < -0.3 is 9.72 Å². The lowest BCUT2D eigenvalue weighted by atomic mass is 10.1. The highest BCUT2D eigenvalue weighted by molar-refractivity contribution is 6.31. The summed E-state index contributed by atoms with van der Waals surface area (Å²) in [6.45, 7) is 6.54. The molecule has 0 spiro atoms. The SMILES string of the molecule is CC[C@@H](c1nnnn1C[C@@H]1CCCO1)N(Cc1ccccc1Cl)Cc1cc2cc(C)ccc2[nH]c1=O. The molecular formula is C27H31ClN6O2. The highest BCUT2D eigenvalue weighted by atomic mass is 35.5. The Morgan fingerprint density at radius 1 is 1.19 bits per heavy atom. The van der Waals surface area contributed by atoms with Crippen molar-refractivity contribution in [1.82, 2.24) is 30.1 Å². The maximum absolute atomic E-state index is 13.1. The van der Waals surface area contributed by atoms with Crippen LogP contribution < -0.4 is 5.56 Å². The zero-order valence-electron chi connectivity index (χ0n) is 20.7. The van der Waals surface area contributed by atoms with Gasteiger partial charge in [0.15, 0.2) is 5.82 Å². The summed E-state index contributed by atoms with van der Waals surface area (Å²) in [7, 11) is 0. The molecule has 5 rings (SSSR count). The fourth-order valence-electron chi connectivity index (χ4n) is 4.99. The van der Waals surface area contributed by atoms with Crippen molar-refractivity contribution in [2.24, 2.45) is 0 Å². The van der Waals surface area contributed by atoms with Gasteiger partial charge in [-0.05, 0) is 71.8 Å². The molecule has 0 amide bonds. The van der Waals surface area contributed by atoms with Gasteiger partial charge in [0.2, 0.25) is 0 Å². The second kappa shape index (κ2) is 10.9. The van der Waals surface area contributed by atoms with Gasteiger partial charge in [-0.15, -0.1) is 5.10 Å². The Morgan fingerprint density at radius 3 is 2.81 bits per heavy atom. The molecular weight excluding hydrogens is 476 g/mol. The zero-order valence-corrected chi connectivity index (χ0v) is 21.4. The smallest absolute Gasteiger partial charge is 0.252 e. The third-order valence-corrected chi connectivity index (χ3v) is 7.24. The molecule has 0 aliphatic carbocycles. The van der Waals surface area contributed by atoms with Crippen molar-refractivity contribution in [2.75, 3.05) is 6.61 Å². The summed E-state index contributed by atoms with van der Waals surface area (Å²) in [5, 5.41) is 14.4. The molecule has 3 heterocycles. The number of aromatic amines is 1. The van der Waals surface area contributed by atoms with E-state index in [-0.39, 0.29) is 17.7 Å². The number of rotatable bonds is 9. The number of pyridine rings is 1. The quantitative estimate of drug-likeness (QED) is 0.350. The minimum absolute atomic E-state index is 0.0932. The fourth-order valence-corrected chi connectivity index (χ4v) is 5.19. The Bertz CT molecular complexity index is 1390. The summed E-state index contributed by atoms with van der Waals surface area (Å²) in [6.07, 6.45) is 2.95. The molecule has 4 aromatic rings. The molecule has 1 saturated heterocycles. The Kier molecular flexibility index (Phi) is 7.46. The first-order valence-corrected chi connectivity index (χ1v) is 12.9. The minimum atomic E-state index is -0.120. The van der Waals surface area contributed by atoms with Gasteiger partial charge in [0.25, 0.3) is 5.56 Å². The first-order chi connectivity index (χ1) is 17.5. The molecule has 1 N–H and O–H groups in total. The molecule has 2 aromatic heterocycles. The Hall–Kier alpha value is -3.07. The lowest BCUT2D eigenvalue weighted by molar-refractivity contribution is 0.0888. The molecule has 2 atom stereocenters. The third kappa shape index (κ3) is 5.36. The molecule has 1 aliphatic heterocycles. The average Bonchev–Trinajstić information content (AvgIpc) is 3.55. The van der Waals surface area contributed by atoms with E-state index >= 15 is 0 Å². The number of hydrogen-bond acceptors (Lipinski definition) is 6. The molecule has 1 fully saturated rings. The Morgan fingerprint density at radius 2 is 2.03 bits per heavy atom. The molecule has 188 valence electrons. The van der Waals surface area contributed by atoms with Crippen molar-refractivity contribution in [3.05, 3.63) is 86.4 Å². The first-order valence-electron chi connectivity index (χ1n) is 12.5. The number of H-pyrrole nitrogens is 1. The van der Waals surface area contributed by atoms with Gasteiger partial charge in [-0.3, -0.25) is 9.69 Å². The van der Waals surface area contributed by atoms with E-state index in [0.717, 1.165) is 53.7 Å². The highest BCUT2D eigenvalue weighted by Crippen LogP contribution is 2.29. The number of aryl methyl sites for hydroxylation is 1. The Labute approximate surface area is 215 Å². The topological polar surface area (TPSA) is 88.9 Å². The van der Waals surface area contributed by atoms with E-state index in [1.807, 2.05) is 47.1 Å². The predicted molar refractivity (Wildman–Crippen MR) is 140 cm³/mol. The number of aromatic nitrogens is 5.